The maximum Gasteiger partial charge on any atom is 0.0267 e. The minimum atomic E-state index is -5.76. The van der Waals surface area contributed by atoms with Crippen LogP contribution in [0.1, 0.15) is 0 Å². The summed E-state index contributed by atoms with van der Waals surface area (Å²) in [5.41, 5.74) is 0. The Balaban J connectivity index is 0.000000380. The number of thiophene rings is 1. The molecule has 0 aliphatic carbocycles. The van der Waals surface area contributed by atoms with Crippen molar-refractivity contribution < 1.29 is 62.0 Å². The molecule has 3 aromatic rings. The van der Waals surface area contributed by atoms with Crippen molar-refractivity contribution in [3.63, 3.8) is 0 Å². The minimum Gasteiger partial charge on any atom is -0.265 e. The van der Waals surface area contributed by atoms with Gasteiger partial charge in [-0.25, -0.2) is 13.6 Å². The van der Waals surface area contributed by atoms with Gasteiger partial charge in [0.25, 0.3) is 0 Å². The van der Waals surface area contributed by atoms with E-state index in [1.807, 2.05) is 36.4 Å². The molecule has 0 aliphatic rings. The fourth-order valence-electron chi connectivity index (χ4n) is 1.16. The van der Waals surface area contributed by atoms with Crippen molar-refractivity contribution in [1.82, 2.24) is 9.97 Å². The van der Waals surface area contributed by atoms with Crippen LogP contribution in [0.2, 0.25) is 0 Å². The van der Waals surface area contributed by atoms with Gasteiger partial charge < -0.3 is 0 Å². The van der Waals surface area contributed by atoms with Crippen LogP contribution in [0.4, 0.5) is 0 Å². The summed E-state index contributed by atoms with van der Waals surface area (Å²) in [5.74, 6) is 0. The van der Waals surface area contributed by atoms with Crippen LogP contribution < -0.4 is 5.14 Å². The van der Waals surface area contributed by atoms with Gasteiger partial charge in [-0.15, -0.1) is 11.3 Å². The van der Waals surface area contributed by atoms with Crippen LogP contribution >= 0.6 is 11.3 Å². The molecule has 4 N–H and O–H groups in total. The van der Waals surface area contributed by atoms with E-state index in [9.17, 15) is 23.6 Å². The molecule has 0 saturated heterocycles. The summed E-state index contributed by atoms with van der Waals surface area (Å²) < 4.78 is 77.4. The zero-order valence-corrected chi connectivity index (χ0v) is 19.0. The molecule has 3 rings (SSSR count). The van der Waals surface area contributed by atoms with Gasteiger partial charge in [-0.2, -0.15) is 0 Å². The van der Waals surface area contributed by atoms with Crippen LogP contribution in [-0.4, -0.2) is 26.7 Å². The van der Waals surface area contributed by atoms with Crippen LogP contribution in [-0.2, 0) is 55.3 Å². The quantitative estimate of drug-likeness (QED) is 0.426. The number of rotatable bonds is 3. The molecule has 0 bridgehead atoms. The fraction of sp³-hybridized carbons (Fsp3) is 0. The van der Waals surface area contributed by atoms with Gasteiger partial charge in [-0.05, 0) is 35.7 Å². The number of hydrogen-bond donors (Lipinski definition) is 3. The van der Waals surface area contributed by atoms with Gasteiger partial charge in [-0.1, -0.05) is 18.2 Å². The molecule has 3 heterocycles. The third-order valence-electron chi connectivity index (χ3n) is 2.08. The second-order valence-electron chi connectivity index (χ2n) is 4.45. The average molecular weight is 539 g/mol. The van der Waals surface area contributed by atoms with Crippen molar-refractivity contribution in [2.75, 3.05) is 0 Å². The number of hydrogen-bond acceptors (Lipinski definition) is 10. The molecule has 3 aromatic heterocycles. The largest absolute Gasteiger partial charge is 0.265 e. The van der Waals surface area contributed by atoms with Gasteiger partial charge in [0.1, 0.15) is 4.21 Å². The first-order valence-electron chi connectivity index (χ1n) is 7.23. The average Bonchev–Trinajstić information content (AvgIpc) is 3.18. The first-order valence-corrected chi connectivity index (χ1v) is 13.9. The first-order chi connectivity index (χ1) is 13.8. The molecule has 16 heteroatoms. The van der Waals surface area contributed by atoms with Crippen LogP contribution in [0.5, 0.6) is 0 Å². The Labute approximate surface area is 180 Å². The second-order valence-corrected chi connectivity index (χ2v) is 10.9. The van der Waals surface area contributed by atoms with Crippen molar-refractivity contribution >= 4 is 21.4 Å². The number of aromatic nitrogens is 2. The van der Waals surface area contributed by atoms with E-state index in [0.29, 0.717) is 0 Å². The topological polar surface area (TPSA) is 204 Å². The molecule has 0 aromatic carbocycles. The molecular weight excluding hydrogens is 522 g/mol. The molecule has 0 aliphatic heterocycles. The summed E-state index contributed by atoms with van der Waals surface area (Å²) >= 11 is -10.4. The molecular formula is C14H17Cr2N3O9S2. The monoisotopic (exact) mass is 539 g/mol. The zero-order valence-electron chi connectivity index (χ0n) is 14.9. The van der Waals surface area contributed by atoms with E-state index in [1.54, 1.807) is 36.2 Å². The Kier molecular flexibility index (Phi) is 13.2. The summed E-state index contributed by atoms with van der Waals surface area (Å²) in [7, 11) is -3.44. The Morgan fingerprint density at radius 3 is 1.30 bits per heavy atom. The Morgan fingerprint density at radius 2 is 1.20 bits per heavy atom. The Bertz CT molecular complexity index is 1010. The van der Waals surface area contributed by atoms with Crippen molar-refractivity contribution in [2.45, 2.75) is 4.21 Å². The van der Waals surface area contributed by atoms with E-state index in [0.717, 1.165) is 11.3 Å². The summed E-state index contributed by atoms with van der Waals surface area (Å²) in [6.07, 6.45) is 7.00. The number of sulfonamides is 1. The number of nitrogens with two attached hydrogens (primary N) is 1. The molecule has 0 spiro atoms. The van der Waals surface area contributed by atoms with Crippen LogP contribution in [0.15, 0.2) is 82.9 Å². The van der Waals surface area contributed by atoms with Crippen molar-refractivity contribution in [3.8, 4) is 0 Å². The molecule has 0 saturated carbocycles. The van der Waals surface area contributed by atoms with Gasteiger partial charge in [0.2, 0.25) is 10.0 Å². The molecule has 0 fully saturated rings. The second kappa shape index (κ2) is 14.1. The predicted octanol–water partition coefficient (Wildman–Crippen LogP) is 0.896. The normalized spacial score (nSPS) is 10.8. The SMILES string of the molecule is NS(=O)(=O)c1cccs1.[O]=[Cr](=[O])([OH])[O][Cr](=[O])(=[O])[OH].c1ccncc1.c1ccncc1. The Hall–Kier alpha value is -1.95. The van der Waals surface area contributed by atoms with Gasteiger partial charge in [0, 0.05) is 24.8 Å². The zero-order chi connectivity index (χ0) is 23.1. The summed E-state index contributed by atoms with van der Waals surface area (Å²) in [5, 5.41) is 6.45. The number of primary sulfonamides is 1. The van der Waals surface area contributed by atoms with Crippen LogP contribution in [0, 0.1) is 0 Å². The standard InChI is InChI=1S/2C5H5N.C4H5NO2S2.2Cr.2H2O.5O/c2*1-2-4-6-5-3-1;5-9(6,7)4-2-1-3-8-4;;;;;;;;;/h2*1-5H;1-3H,(H2,5,6,7);;;2*1H2;;;;;/q;;;2*+1;;;;;;;/p-2. The Morgan fingerprint density at radius 1 is 0.800 bits per heavy atom. The van der Waals surface area contributed by atoms with Crippen LogP contribution in [0.25, 0.3) is 0 Å². The first kappa shape index (κ1) is 28.1. The molecule has 30 heavy (non-hydrogen) atoms. The fourth-order valence-corrected chi connectivity index (χ4v) is 4.32. The molecule has 0 atom stereocenters. The predicted molar refractivity (Wildman–Crippen MR) is 92.4 cm³/mol. The summed E-state index contributed by atoms with van der Waals surface area (Å²) in [6.45, 7) is 0. The van der Waals surface area contributed by atoms with E-state index in [-0.39, 0.29) is 4.21 Å². The number of nitrogens with zero attached hydrogens (tertiary/aromatic N) is 2. The molecule has 0 amide bonds. The van der Waals surface area contributed by atoms with E-state index >= 15 is 0 Å². The van der Waals surface area contributed by atoms with Gasteiger partial charge in [0.15, 0.2) is 0 Å². The van der Waals surface area contributed by atoms with Crippen molar-refractivity contribution in [3.05, 3.63) is 78.7 Å². The summed E-state index contributed by atoms with van der Waals surface area (Å²) in [4.78, 5) is 7.57. The van der Waals surface area contributed by atoms with Gasteiger partial charge in [-0.3, -0.25) is 9.97 Å². The van der Waals surface area contributed by atoms with E-state index in [1.165, 1.54) is 6.07 Å². The molecule has 166 valence electrons. The van der Waals surface area contributed by atoms with E-state index in [2.05, 4.69) is 12.8 Å². The van der Waals surface area contributed by atoms with Gasteiger partial charge in [0.05, 0.1) is 0 Å². The molecule has 12 nitrogen and oxygen atoms in total. The van der Waals surface area contributed by atoms with E-state index < -0.39 is 37.3 Å². The smallest absolute Gasteiger partial charge is 0.0267 e. The molecule has 0 unspecified atom stereocenters. The maximum atomic E-state index is 10.5. The minimum absolute atomic E-state index is 0.211. The van der Waals surface area contributed by atoms with Crippen molar-refractivity contribution in [1.29, 1.82) is 0 Å². The maximum absolute atomic E-state index is 10.5. The van der Waals surface area contributed by atoms with Crippen LogP contribution in [0.3, 0.4) is 0 Å². The summed E-state index contributed by atoms with van der Waals surface area (Å²) in [6, 6.07) is 14.5. The van der Waals surface area contributed by atoms with Gasteiger partial charge >= 0.3 is 53.6 Å². The number of pyridine rings is 2. The third-order valence-corrected chi connectivity index (χ3v) is 7.18. The third kappa shape index (κ3) is 19.4. The van der Waals surface area contributed by atoms with E-state index in [4.69, 9.17) is 13.5 Å². The van der Waals surface area contributed by atoms with Crippen molar-refractivity contribution in [2.24, 2.45) is 5.14 Å². The molecule has 0 radical (unpaired) electrons.